The number of carboxylic acids is 1. The first-order valence-corrected chi connectivity index (χ1v) is 5.38. The lowest BCUT2D eigenvalue weighted by molar-refractivity contribution is -0.384. The number of aliphatic hydroxyl groups excluding tert-OH is 1. The third-order valence-corrected chi connectivity index (χ3v) is 2.38. The van der Waals surface area contributed by atoms with E-state index in [-0.39, 0.29) is 17.0 Å². The van der Waals surface area contributed by atoms with Crippen molar-refractivity contribution in [2.75, 3.05) is 13.7 Å². The van der Waals surface area contributed by atoms with Crippen LogP contribution in [0.5, 0.6) is 5.75 Å². The Bertz CT molecular complexity index is 544. The molecule has 108 valence electrons. The van der Waals surface area contributed by atoms with Crippen LogP contribution in [0.15, 0.2) is 18.2 Å². The second kappa shape index (κ2) is 6.48. The largest absolute Gasteiger partial charge is 0.496 e. The molecule has 1 rings (SSSR count). The van der Waals surface area contributed by atoms with Crippen molar-refractivity contribution in [1.29, 1.82) is 0 Å². The molecule has 0 saturated carbocycles. The van der Waals surface area contributed by atoms with Crippen LogP contribution >= 0.6 is 0 Å². The molecule has 1 amide bonds. The third-order valence-electron chi connectivity index (χ3n) is 2.38. The third kappa shape index (κ3) is 3.65. The first-order chi connectivity index (χ1) is 9.36. The molecule has 1 atom stereocenters. The number of rotatable bonds is 6. The van der Waals surface area contributed by atoms with Crippen LogP contribution in [0.4, 0.5) is 5.69 Å². The Labute approximate surface area is 112 Å². The van der Waals surface area contributed by atoms with Gasteiger partial charge in [-0.05, 0) is 6.07 Å². The summed E-state index contributed by atoms with van der Waals surface area (Å²) in [7, 11) is 1.28. The van der Waals surface area contributed by atoms with Crippen LogP contribution in [-0.2, 0) is 4.79 Å². The summed E-state index contributed by atoms with van der Waals surface area (Å²) in [5.41, 5.74) is -0.436. The van der Waals surface area contributed by atoms with Gasteiger partial charge in [-0.15, -0.1) is 0 Å². The van der Waals surface area contributed by atoms with Crippen LogP contribution in [0, 0.1) is 10.1 Å². The molecule has 0 spiro atoms. The van der Waals surface area contributed by atoms with Gasteiger partial charge in [0.15, 0.2) is 6.10 Å². The normalized spacial score (nSPS) is 11.5. The highest BCUT2D eigenvalue weighted by Gasteiger charge is 2.19. The van der Waals surface area contributed by atoms with Crippen molar-refractivity contribution in [1.82, 2.24) is 5.32 Å². The maximum Gasteiger partial charge on any atom is 0.334 e. The summed E-state index contributed by atoms with van der Waals surface area (Å²) in [6.07, 6.45) is -1.76. The molecule has 1 aromatic carbocycles. The van der Waals surface area contributed by atoms with Crippen molar-refractivity contribution in [2.45, 2.75) is 6.10 Å². The highest BCUT2D eigenvalue weighted by Crippen LogP contribution is 2.23. The van der Waals surface area contributed by atoms with E-state index in [2.05, 4.69) is 5.32 Å². The molecule has 0 radical (unpaired) electrons. The summed E-state index contributed by atoms with van der Waals surface area (Å²) >= 11 is 0. The zero-order chi connectivity index (χ0) is 15.3. The number of amides is 1. The molecule has 0 saturated heterocycles. The molecule has 0 bridgehead atoms. The number of nitrogens with one attached hydrogen (secondary N) is 1. The fraction of sp³-hybridized carbons (Fsp3) is 0.273. The Morgan fingerprint density at radius 3 is 2.65 bits per heavy atom. The van der Waals surface area contributed by atoms with Gasteiger partial charge in [0.25, 0.3) is 11.6 Å². The molecule has 0 aromatic heterocycles. The zero-order valence-corrected chi connectivity index (χ0v) is 10.4. The van der Waals surface area contributed by atoms with Gasteiger partial charge in [0.05, 0.1) is 24.1 Å². The van der Waals surface area contributed by atoms with E-state index in [0.717, 1.165) is 6.07 Å². The molecule has 1 unspecified atom stereocenters. The zero-order valence-electron chi connectivity index (χ0n) is 10.4. The molecule has 0 aliphatic rings. The number of hydrogen-bond acceptors (Lipinski definition) is 6. The summed E-state index contributed by atoms with van der Waals surface area (Å²) in [6, 6.07) is 3.42. The highest BCUT2D eigenvalue weighted by molar-refractivity contribution is 5.97. The van der Waals surface area contributed by atoms with Crippen molar-refractivity contribution in [3.8, 4) is 5.75 Å². The molecule has 20 heavy (non-hydrogen) atoms. The second-order valence-electron chi connectivity index (χ2n) is 3.71. The number of aliphatic hydroxyl groups is 1. The summed E-state index contributed by atoms with van der Waals surface area (Å²) < 4.78 is 4.89. The molecule has 0 aliphatic carbocycles. The van der Waals surface area contributed by atoms with E-state index in [1.165, 1.54) is 19.2 Å². The van der Waals surface area contributed by atoms with Crippen LogP contribution in [0.2, 0.25) is 0 Å². The minimum absolute atomic E-state index is 0.0953. The Morgan fingerprint density at radius 1 is 1.50 bits per heavy atom. The number of carbonyl (C=O) groups is 2. The first-order valence-electron chi connectivity index (χ1n) is 5.38. The predicted molar refractivity (Wildman–Crippen MR) is 65.6 cm³/mol. The van der Waals surface area contributed by atoms with E-state index in [1.807, 2.05) is 0 Å². The van der Waals surface area contributed by atoms with Gasteiger partial charge >= 0.3 is 5.97 Å². The van der Waals surface area contributed by atoms with Crippen molar-refractivity contribution in [3.63, 3.8) is 0 Å². The van der Waals surface area contributed by atoms with Crippen LogP contribution in [-0.4, -0.2) is 46.8 Å². The predicted octanol–water partition coefficient (Wildman–Crippen LogP) is -0.221. The van der Waals surface area contributed by atoms with Crippen molar-refractivity contribution < 1.29 is 29.5 Å². The lowest BCUT2D eigenvalue weighted by Gasteiger charge is -2.10. The number of nitro benzene ring substituents is 1. The van der Waals surface area contributed by atoms with Gasteiger partial charge in [-0.25, -0.2) is 4.79 Å². The monoisotopic (exact) mass is 284 g/mol. The Kier molecular flexibility index (Phi) is 4.98. The van der Waals surface area contributed by atoms with Gasteiger partial charge in [-0.3, -0.25) is 14.9 Å². The quantitative estimate of drug-likeness (QED) is 0.484. The fourth-order valence-corrected chi connectivity index (χ4v) is 1.36. The van der Waals surface area contributed by atoms with Crippen LogP contribution in [0.1, 0.15) is 10.4 Å². The molecular weight excluding hydrogens is 272 g/mol. The molecule has 0 aliphatic heterocycles. The minimum Gasteiger partial charge on any atom is -0.496 e. The fourth-order valence-electron chi connectivity index (χ4n) is 1.36. The Balaban J connectivity index is 2.93. The number of hydrogen-bond donors (Lipinski definition) is 3. The van der Waals surface area contributed by atoms with E-state index >= 15 is 0 Å². The molecule has 9 nitrogen and oxygen atoms in total. The lowest BCUT2D eigenvalue weighted by atomic mass is 10.1. The minimum atomic E-state index is -1.76. The van der Waals surface area contributed by atoms with Gasteiger partial charge in [0, 0.05) is 12.1 Å². The Hall–Kier alpha value is -2.68. The van der Waals surface area contributed by atoms with Gasteiger partial charge < -0.3 is 20.3 Å². The number of carbonyl (C=O) groups excluding carboxylic acids is 1. The summed E-state index contributed by atoms with van der Waals surface area (Å²) in [5.74, 6) is -2.18. The lowest BCUT2D eigenvalue weighted by Crippen LogP contribution is -2.36. The SMILES string of the molecule is COc1ccc([N+](=O)[O-])cc1C(=O)NCC(O)C(=O)O. The number of methoxy groups -OCH3 is 1. The topological polar surface area (TPSA) is 139 Å². The van der Waals surface area contributed by atoms with Crippen LogP contribution in [0.25, 0.3) is 0 Å². The average Bonchev–Trinajstić information content (AvgIpc) is 2.43. The Morgan fingerprint density at radius 2 is 2.15 bits per heavy atom. The maximum atomic E-state index is 11.8. The van der Waals surface area contributed by atoms with Crippen LogP contribution < -0.4 is 10.1 Å². The summed E-state index contributed by atoms with van der Waals surface area (Å²) in [5, 5.41) is 30.3. The summed E-state index contributed by atoms with van der Waals surface area (Å²) in [6.45, 7) is -0.528. The average molecular weight is 284 g/mol. The highest BCUT2D eigenvalue weighted by atomic mass is 16.6. The van der Waals surface area contributed by atoms with Crippen molar-refractivity contribution in [2.24, 2.45) is 0 Å². The van der Waals surface area contributed by atoms with Gasteiger partial charge in [-0.1, -0.05) is 0 Å². The summed E-state index contributed by atoms with van der Waals surface area (Å²) in [4.78, 5) is 32.2. The van der Waals surface area contributed by atoms with Crippen molar-refractivity contribution in [3.05, 3.63) is 33.9 Å². The molecule has 0 fully saturated rings. The van der Waals surface area contributed by atoms with Crippen LogP contribution in [0.3, 0.4) is 0 Å². The van der Waals surface area contributed by atoms with Crippen molar-refractivity contribution >= 4 is 17.6 Å². The van der Waals surface area contributed by atoms with Gasteiger partial charge in [0.1, 0.15) is 5.75 Å². The van der Waals surface area contributed by atoms with E-state index in [0.29, 0.717) is 0 Å². The number of nitrogens with zero attached hydrogens (tertiary/aromatic N) is 1. The molecule has 9 heteroatoms. The van der Waals surface area contributed by atoms with Gasteiger partial charge in [-0.2, -0.15) is 0 Å². The maximum absolute atomic E-state index is 11.8. The number of nitro groups is 1. The number of aliphatic carboxylic acids is 1. The molecule has 3 N–H and O–H groups in total. The molecule has 1 aromatic rings. The number of ether oxygens (including phenoxy) is 1. The second-order valence-corrected chi connectivity index (χ2v) is 3.71. The first kappa shape index (κ1) is 15.4. The van der Waals surface area contributed by atoms with E-state index < -0.39 is 29.4 Å². The number of non-ortho nitro benzene ring substituents is 1. The van der Waals surface area contributed by atoms with E-state index in [9.17, 15) is 19.7 Å². The number of benzene rings is 1. The molecule has 0 heterocycles. The van der Waals surface area contributed by atoms with E-state index in [4.69, 9.17) is 14.9 Å². The van der Waals surface area contributed by atoms with Gasteiger partial charge in [0.2, 0.25) is 0 Å². The smallest absolute Gasteiger partial charge is 0.334 e. The molecular formula is C11H12N2O7. The van der Waals surface area contributed by atoms with E-state index in [1.54, 1.807) is 0 Å². The standard InChI is InChI=1S/C11H12N2O7/c1-20-9-3-2-6(13(18)19)4-7(9)10(15)12-5-8(14)11(16)17/h2-4,8,14H,5H2,1H3,(H,12,15)(H,16,17). The number of carboxylic acid groups (broad SMARTS) is 1.